The van der Waals surface area contributed by atoms with E-state index in [1.807, 2.05) is 45.3 Å². The Morgan fingerprint density at radius 1 is 1.24 bits per heavy atom. The number of carbonyl (C=O) groups is 1. The predicted octanol–water partition coefficient (Wildman–Crippen LogP) is 6.24. The maximum Gasteiger partial charge on any atom is 0.410 e. The number of hydrogen-bond acceptors (Lipinski definition) is 5. The van der Waals surface area contributed by atoms with E-state index in [0.29, 0.717) is 29.9 Å². The zero-order valence-electron chi connectivity index (χ0n) is 19.2. The summed E-state index contributed by atoms with van der Waals surface area (Å²) in [4.78, 5) is 26.9. The van der Waals surface area contributed by atoms with E-state index in [1.165, 1.54) is 12.3 Å². The molecule has 1 aromatic carbocycles. The summed E-state index contributed by atoms with van der Waals surface area (Å²) in [5.74, 6) is 0.233. The largest absolute Gasteiger partial charge is 0.444 e. The van der Waals surface area contributed by atoms with Crippen LogP contribution >= 0.6 is 23.2 Å². The Labute approximate surface area is 201 Å². The number of likely N-dealkylation sites (tertiary alicyclic amines) is 1. The molecule has 1 fully saturated rings. The lowest BCUT2D eigenvalue weighted by Gasteiger charge is -2.24. The Kier molecular flexibility index (Phi) is 6.26. The zero-order chi connectivity index (χ0) is 24.1. The van der Waals surface area contributed by atoms with Crippen molar-refractivity contribution < 1.29 is 13.9 Å². The molecule has 176 valence electrons. The monoisotopic (exact) mass is 493 g/mol. The summed E-state index contributed by atoms with van der Waals surface area (Å²) in [7, 11) is 0. The summed E-state index contributed by atoms with van der Waals surface area (Å²) in [6.45, 7) is 10.6. The topological polar surface area (TPSA) is 73.1 Å². The first-order valence-corrected chi connectivity index (χ1v) is 11.6. The number of carbonyl (C=O) groups excluding carboxylic acids is 1. The summed E-state index contributed by atoms with van der Waals surface area (Å²) < 4.78 is 22.7. The molecule has 0 bridgehead atoms. The van der Waals surface area contributed by atoms with Crippen molar-refractivity contribution >= 4 is 40.3 Å². The van der Waals surface area contributed by atoms with Crippen LogP contribution in [0.3, 0.4) is 0 Å². The van der Waals surface area contributed by atoms with Crippen LogP contribution in [0.25, 0.3) is 22.3 Å². The Balaban J connectivity index is 1.75. The molecule has 3 aromatic rings. The van der Waals surface area contributed by atoms with Gasteiger partial charge < -0.3 is 14.2 Å². The molecule has 1 atom stereocenters. The van der Waals surface area contributed by atoms with Crippen molar-refractivity contribution in [2.75, 3.05) is 13.1 Å². The van der Waals surface area contributed by atoms with Crippen LogP contribution in [0.5, 0.6) is 0 Å². The van der Waals surface area contributed by atoms with Gasteiger partial charge in [-0.3, -0.25) is 0 Å². The third kappa shape index (κ3) is 4.77. The highest BCUT2D eigenvalue weighted by Gasteiger charge is 2.34. The van der Waals surface area contributed by atoms with Crippen molar-refractivity contribution in [1.82, 2.24) is 24.4 Å². The quantitative estimate of drug-likeness (QED) is 0.403. The number of amides is 1. The average Bonchev–Trinajstić information content (AvgIpc) is 3.33. The summed E-state index contributed by atoms with van der Waals surface area (Å²) in [5, 5.41) is 0.305. The minimum absolute atomic E-state index is 0.0136. The molecule has 3 heterocycles. The van der Waals surface area contributed by atoms with Gasteiger partial charge in [-0.15, -0.1) is 0 Å². The number of aromatic nitrogens is 4. The molecular weight excluding hydrogens is 468 g/mol. The van der Waals surface area contributed by atoms with Gasteiger partial charge in [-0.1, -0.05) is 11.6 Å². The molecule has 0 radical (unpaired) electrons. The fourth-order valence-electron chi connectivity index (χ4n) is 4.15. The molecule has 0 aliphatic carbocycles. The smallest absolute Gasteiger partial charge is 0.410 e. The van der Waals surface area contributed by atoms with E-state index in [2.05, 4.69) is 15.0 Å². The lowest BCUT2D eigenvalue weighted by molar-refractivity contribution is 0.0292. The van der Waals surface area contributed by atoms with Crippen LogP contribution in [0.1, 0.15) is 58.8 Å². The molecule has 4 rings (SSSR count). The summed E-state index contributed by atoms with van der Waals surface area (Å²) in [6.07, 6.45) is 1.77. The third-order valence-corrected chi connectivity index (χ3v) is 5.94. The fraction of sp³-hybridized carbons (Fsp3) is 0.478. The van der Waals surface area contributed by atoms with Crippen LogP contribution in [-0.2, 0) is 4.74 Å². The first kappa shape index (κ1) is 23.7. The number of ether oxygens (including phenoxy) is 1. The lowest BCUT2D eigenvalue weighted by atomic mass is 10.1. The molecular formula is C23H26Cl2FN5O2. The minimum atomic E-state index is -0.565. The van der Waals surface area contributed by atoms with Gasteiger partial charge in [-0.25, -0.2) is 24.1 Å². The van der Waals surface area contributed by atoms with Gasteiger partial charge in [0.05, 0.1) is 22.4 Å². The van der Waals surface area contributed by atoms with Crippen molar-refractivity contribution in [3.05, 3.63) is 40.3 Å². The standard InChI is InChI=1S/C23H26Cl2FN5O2/c1-12(2)31-17-9-14(18-15(24)10-27-21(25)29-18)8-16(26)19(17)28-20(31)13-6-7-30(11-13)22(32)33-23(3,4)5/h8-10,12-13H,6-7,11H2,1-5H3/t13-/m1/s1. The van der Waals surface area contributed by atoms with Crippen LogP contribution in [0.15, 0.2) is 18.3 Å². The first-order valence-electron chi connectivity index (χ1n) is 10.8. The van der Waals surface area contributed by atoms with E-state index in [1.54, 1.807) is 4.90 Å². The number of imidazole rings is 1. The Morgan fingerprint density at radius 3 is 2.64 bits per heavy atom. The number of benzene rings is 1. The van der Waals surface area contributed by atoms with Crippen molar-refractivity contribution in [1.29, 1.82) is 0 Å². The van der Waals surface area contributed by atoms with Gasteiger partial charge in [-0.05, 0) is 64.8 Å². The molecule has 1 aliphatic heterocycles. The van der Waals surface area contributed by atoms with Crippen LogP contribution in [0.4, 0.5) is 9.18 Å². The molecule has 10 heteroatoms. The van der Waals surface area contributed by atoms with Crippen LogP contribution in [-0.4, -0.2) is 49.2 Å². The van der Waals surface area contributed by atoms with E-state index in [-0.39, 0.29) is 33.9 Å². The summed E-state index contributed by atoms with van der Waals surface area (Å²) in [5.41, 5.74) is 1.19. The Morgan fingerprint density at radius 2 is 1.97 bits per heavy atom. The molecule has 0 saturated carbocycles. The van der Waals surface area contributed by atoms with Gasteiger partial charge in [0.1, 0.15) is 16.9 Å². The van der Waals surface area contributed by atoms with Gasteiger partial charge in [0, 0.05) is 30.6 Å². The number of halogens is 3. The highest BCUT2D eigenvalue weighted by Crippen LogP contribution is 2.36. The Hall–Kier alpha value is -2.45. The first-order chi connectivity index (χ1) is 15.4. The molecule has 0 unspecified atom stereocenters. The zero-order valence-corrected chi connectivity index (χ0v) is 20.7. The second-order valence-electron chi connectivity index (χ2n) is 9.51. The fourth-order valence-corrected chi connectivity index (χ4v) is 4.48. The molecule has 33 heavy (non-hydrogen) atoms. The molecule has 1 amide bonds. The van der Waals surface area contributed by atoms with Crippen LogP contribution < -0.4 is 0 Å². The maximum absolute atomic E-state index is 15.2. The number of nitrogens with zero attached hydrogens (tertiary/aromatic N) is 5. The number of rotatable bonds is 3. The molecule has 2 aromatic heterocycles. The SMILES string of the molecule is CC(C)n1c([C@@H]2CCN(C(=O)OC(C)(C)C)C2)nc2c(F)cc(-c3nc(Cl)ncc3Cl)cc21. The summed E-state index contributed by atoms with van der Waals surface area (Å²) >= 11 is 12.2. The molecule has 0 N–H and O–H groups in total. The number of hydrogen-bond donors (Lipinski definition) is 0. The van der Waals surface area contributed by atoms with Gasteiger partial charge in [-0.2, -0.15) is 0 Å². The van der Waals surface area contributed by atoms with Crippen molar-refractivity contribution in [2.45, 2.75) is 58.6 Å². The second kappa shape index (κ2) is 8.72. The second-order valence-corrected chi connectivity index (χ2v) is 10.3. The van der Waals surface area contributed by atoms with E-state index in [0.717, 1.165) is 12.2 Å². The Bertz CT molecular complexity index is 1220. The third-order valence-electron chi connectivity index (χ3n) is 5.49. The average molecular weight is 494 g/mol. The maximum atomic E-state index is 15.2. The number of fused-ring (bicyclic) bond motifs is 1. The normalized spacial score (nSPS) is 16.8. The summed E-state index contributed by atoms with van der Waals surface area (Å²) in [6, 6.07) is 3.19. The predicted molar refractivity (Wildman–Crippen MR) is 126 cm³/mol. The van der Waals surface area contributed by atoms with Crippen LogP contribution in [0.2, 0.25) is 10.3 Å². The van der Waals surface area contributed by atoms with Crippen molar-refractivity contribution in [3.63, 3.8) is 0 Å². The van der Waals surface area contributed by atoms with E-state index in [4.69, 9.17) is 27.9 Å². The van der Waals surface area contributed by atoms with Gasteiger partial charge >= 0.3 is 6.09 Å². The molecule has 1 saturated heterocycles. The van der Waals surface area contributed by atoms with E-state index in [9.17, 15) is 4.79 Å². The van der Waals surface area contributed by atoms with E-state index >= 15 is 4.39 Å². The van der Waals surface area contributed by atoms with E-state index < -0.39 is 11.4 Å². The highest BCUT2D eigenvalue weighted by atomic mass is 35.5. The van der Waals surface area contributed by atoms with Gasteiger partial charge in [0.15, 0.2) is 5.82 Å². The molecule has 7 nitrogen and oxygen atoms in total. The molecule has 1 aliphatic rings. The molecule has 0 spiro atoms. The van der Waals surface area contributed by atoms with Gasteiger partial charge in [0.25, 0.3) is 0 Å². The highest BCUT2D eigenvalue weighted by molar-refractivity contribution is 6.33. The van der Waals surface area contributed by atoms with Gasteiger partial charge in [0.2, 0.25) is 5.28 Å². The minimum Gasteiger partial charge on any atom is -0.444 e. The van der Waals surface area contributed by atoms with Crippen molar-refractivity contribution in [2.24, 2.45) is 0 Å². The lowest BCUT2D eigenvalue weighted by Crippen LogP contribution is -2.35. The van der Waals surface area contributed by atoms with Crippen molar-refractivity contribution in [3.8, 4) is 11.3 Å². The van der Waals surface area contributed by atoms with Crippen LogP contribution in [0, 0.1) is 5.82 Å².